The van der Waals surface area contributed by atoms with Gasteiger partial charge in [0.1, 0.15) is 5.01 Å². The third kappa shape index (κ3) is 2.74. The monoisotopic (exact) mass is 270 g/mol. The Morgan fingerprint density at radius 1 is 1.18 bits per heavy atom. The van der Waals surface area contributed by atoms with Crippen molar-refractivity contribution in [3.63, 3.8) is 0 Å². The molecule has 0 aliphatic heterocycles. The van der Waals surface area contributed by atoms with Gasteiger partial charge in [0.15, 0.2) is 0 Å². The Labute approximate surface area is 105 Å². The maximum Gasteiger partial charge on any atom is 0.288 e. The first kappa shape index (κ1) is 11.9. The molecular formula is C8H10N6OS2. The number of carbonyl (C=O) groups excluding carboxylic acids is 1. The molecule has 2 aromatic rings. The zero-order valence-electron chi connectivity index (χ0n) is 9.22. The number of hydrogen-bond donors (Lipinski definition) is 2. The minimum Gasteiger partial charge on any atom is -0.363 e. The Morgan fingerprint density at radius 3 is 2.53 bits per heavy atom. The second-order valence-corrected chi connectivity index (χ2v) is 5.01. The molecule has 0 aliphatic rings. The van der Waals surface area contributed by atoms with Crippen LogP contribution in [0, 0.1) is 0 Å². The topological polar surface area (TPSA) is 92.7 Å². The lowest BCUT2D eigenvalue weighted by molar-refractivity contribution is 0.102. The Morgan fingerprint density at radius 2 is 1.94 bits per heavy atom. The van der Waals surface area contributed by atoms with Crippen LogP contribution in [0.1, 0.15) is 21.7 Å². The van der Waals surface area contributed by atoms with E-state index in [1.807, 2.05) is 6.92 Å². The van der Waals surface area contributed by atoms with Crippen molar-refractivity contribution in [1.29, 1.82) is 0 Å². The molecule has 2 heterocycles. The van der Waals surface area contributed by atoms with Crippen molar-refractivity contribution < 1.29 is 4.79 Å². The molecule has 0 saturated carbocycles. The van der Waals surface area contributed by atoms with E-state index in [1.165, 1.54) is 22.7 Å². The minimum absolute atomic E-state index is 0.294. The summed E-state index contributed by atoms with van der Waals surface area (Å²) in [5.74, 6) is -0.317. The highest BCUT2D eigenvalue weighted by Gasteiger charge is 2.14. The largest absolute Gasteiger partial charge is 0.363 e. The number of anilines is 2. The number of rotatable bonds is 4. The fraction of sp³-hybridized carbons (Fsp3) is 0.375. The van der Waals surface area contributed by atoms with Crippen LogP contribution in [0.3, 0.4) is 0 Å². The molecule has 0 atom stereocenters. The number of aromatic nitrogens is 4. The summed E-state index contributed by atoms with van der Waals surface area (Å²) < 4.78 is 0. The van der Waals surface area contributed by atoms with E-state index < -0.39 is 0 Å². The first-order valence-corrected chi connectivity index (χ1v) is 6.51. The summed E-state index contributed by atoms with van der Waals surface area (Å²) in [5.41, 5.74) is 0. The van der Waals surface area contributed by atoms with E-state index in [4.69, 9.17) is 0 Å². The summed E-state index contributed by atoms with van der Waals surface area (Å²) in [5, 5.41) is 23.0. The molecule has 0 fully saturated rings. The van der Waals surface area contributed by atoms with Crippen molar-refractivity contribution >= 4 is 38.8 Å². The van der Waals surface area contributed by atoms with Crippen molar-refractivity contribution in [2.45, 2.75) is 13.3 Å². The summed E-state index contributed by atoms with van der Waals surface area (Å²) in [6.07, 6.45) is 0.802. The first-order valence-electron chi connectivity index (χ1n) is 4.88. The van der Waals surface area contributed by atoms with Gasteiger partial charge in [-0.2, -0.15) is 0 Å². The average Bonchev–Trinajstić information content (AvgIpc) is 2.96. The van der Waals surface area contributed by atoms with Gasteiger partial charge in [-0.15, -0.1) is 20.4 Å². The predicted octanol–water partition coefficient (Wildman–Crippen LogP) is 1.25. The molecule has 17 heavy (non-hydrogen) atoms. The van der Waals surface area contributed by atoms with Crippen LogP contribution in [0.2, 0.25) is 0 Å². The van der Waals surface area contributed by atoms with E-state index in [2.05, 4.69) is 31.0 Å². The van der Waals surface area contributed by atoms with Crippen molar-refractivity contribution in [1.82, 2.24) is 20.4 Å². The van der Waals surface area contributed by atoms with Gasteiger partial charge < -0.3 is 5.32 Å². The third-order valence-electron chi connectivity index (χ3n) is 1.82. The zero-order chi connectivity index (χ0) is 12.3. The zero-order valence-corrected chi connectivity index (χ0v) is 10.9. The molecule has 0 unspecified atom stereocenters. The van der Waals surface area contributed by atoms with Crippen LogP contribution in [0.25, 0.3) is 0 Å². The lowest BCUT2D eigenvalue weighted by Crippen LogP contribution is -2.11. The highest BCUT2D eigenvalue weighted by Crippen LogP contribution is 2.19. The van der Waals surface area contributed by atoms with E-state index in [9.17, 15) is 4.79 Å². The molecular weight excluding hydrogens is 260 g/mol. The fourth-order valence-corrected chi connectivity index (χ4v) is 2.28. The maximum absolute atomic E-state index is 11.7. The van der Waals surface area contributed by atoms with Gasteiger partial charge in [0.25, 0.3) is 5.91 Å². The second kappa shape index (κ2) is 5.15. The van der Waals surface area contributed by atoms with Gasteiger partial charge in [-0.3, -0.25) is 10.1 Å². The van der Waals surface area contributed by atoms with Crippen LogP contribution in [0.4, 0.5) is 10.3 Å². The van der Waals surface area contributed by atoms with Crippen LogP contribution < -0.4 is 10.6 Å². The Kier molecular flexibility index (Phi) is 3.59. The smallest absolute Gasteiger partial charge is 0.288 e. The summed E-state index contributed by atoms with van der Waals surface area (Å²) in [7, 11) is 1.72. The van der Waals surface area contributed by atoms with Gasteiger partial charge in [-0.05, 0) is 6.42 Å². The normalized spacial score (nSPS) is 10.2. The van der Waals surface area contributed by atoms with Crippen LogP contribution in [-0.2, 0) is 6.42 Å². The van der Waals surface area contributed by atoms with Crippen LogP contribution in [0.15, 0.2) is 0 Å². The molecule has 1 amide bonds. The van der Waals surface area contributed by atoms with Gasteiger partial charge in [-0.25, -0.2) is 0 Å². The highest BCUT2D eigenvalue weighted by molar-refractivity contribution is 7.17. The summed E-state index contributed by atoms with van der Waals surface area (Å²) in [4.78, 5) is 11.7. The number of nitrogens with zero attached hydrogens (tertiary/aromatic N) is 4. The van der Waals surface area contributed by atoms with Crippen LogP contribution in [-0.4, -0.2) is 33.3 Å². The van der Waals surface area contributed by atoms with Gasteiger partial charge in [0.2, 0.25) is 15.3 Å². The summed E-state index contributed by atoms with van der Waals surface area (Å²) in [6.45, 7) is 1.98. The molecule has 0 spiro atoms. The summed E-state index contributed by atoms with van der Waals surface area (Å²) >= 11 is 2.54. The molecule has 0 bridgehead atoms. The Hall–Kier alpha value is -1.61. The van der Waals surface area contributed by atoms with E-state index in [0.717, 1.165) is 11.4 Å². The van der Waals surface area contributed by atoms with Crippen molar-refractivity contribution in [2.75, 3.05) is 17.7 Å². The van der Waals surface area contributed by atoms with E-state index in [-0.39, 0.29) is 5.91 Å². The minimum atomic E-state index is -0.317. The lowest BCUT2D eigenvalue weighted by atomic mass is 10.5. The van der Waals surface area contributed by atoms with Gasteiger partial charge in [-0.1, -0.05) is 29.6 Å². The van der Waals surface area contributed by atoms with E-state index in [1.54, 1.807) is 7.05 Å². The number of amides is 1. The highest BCUT2D eigenvalue weighted by atomic mass is 32.1. The van der Waals surface area contributed by atoms with Crippen LogP contribution in [0.5, 0.6) is 0 Å². The van der Waals surface area contributed by atoms with Crippen LogP contribution >= 0.6 is 22.7 Å². The number of aryl methyl sites for hydroxylation is 1. The molecule has 0 radical (unpaired) electrons. The van der Waals surface area contributed by atoms with E-state index in [0.29, 0.717) is 15.3 Å². The SMILES string of the molecule is CCc1nnc(NC(=O)c2nnc(NC)s2)s1. The molecule has 7 nitrogen and oxygen atoms in total. The molecule has 0 aliphatic carbocycles. The first-order chi connectivity index (χ1) is 8.22. The Bertz CT molecular complexity index is 522. The van der Waals surface area contributed by atoms with Gasteiger partial charge in [0, 0.05) is 7.05 Å². The molecule has 90 valence electrons. The molecule has 9 heteroatoms. The van der Waals surface area contributed by atoms with Gasteiger partial charge in [0.05, 0.1) is 0 Å². The average molecular weight is 270 g/mol. The standard InChI is InChI=1S/C8H10N6OS2/c1-3-4-11-14-8(16-4)10-5(15)6-12-13-7(9-2)17-6/h3H2,1-2H3,(H,9,13)(H,10,14,15). The van der Waals surface area contributed by atoms with Crippen molar-refractivity contribution in [3.05, 3.63) is 10.0 Å². The van der Waals surface area contributed by atoms with Crippen molar-refractivity contribution in [3.8, 4) is 0 Å². The quantitative estimate of drug-likeness (QED) is 0.868. The van der Waals surface area contributed by atoms with Crippen molar-refractivity contribution in [2.24, 2.45) is 0 Å². The fourth-order valence-electron chi connectivity index (χ4n) is 1.01. The molecule has 2 rings (SSSR count). The molecule has 0 aromatic carbocycles. The third-order valence-corrected chi connectivity index (χ3v) is 3.75. The number of hydrogen-bond acceptors (Lipinski definition) is 8. The van der Waals surface area contributed by atoms with Gasteiger partial charge >= 0.3 is 0 Å². The number of nitrogens with one attached hydrogen (secondary N) is 2. The molecule has 0 saturated heterocycles. The number of carbonyl (C=O) groups is 1. The lowest BCUT2D eigenvalue weighted by Gasteiger charge is -1.94. The van der Waals surface area contributed by atoms with E-state index >= 15 is 0 Å². The summed E-state index contributed by atoms with van der Waals surface area (Å²) in [6, 6.07) is 0. The second-order valence-electron chi connectivity index (χ2n) is 2.97. The molecule has 2 aromatic heterocycles. The molecule has 2 N–H and O–H groups in total. The predicted molar refractivity (Wildman–Crippen MR) is 66.7 cm³/mol. The maximum atomic E-state index is 11.7. The Balaban J connectivity index is 2.05.